The lowest BCUT2D eigenvalue weighted by atomic mass is 10.1. The van der Waals surface area contributed by atoms with Crippen LogP contribution in [0.25, 0.3) is 0 Å². The van der Waals surface area contributed by atoms with Crippen LogP contribution in [-0.2, 0) is 14.3 Å². The molecule has 1 N–H and O–H groups in total. The van der Waals surface area contributed by atoms with E-state index in [0.717, 1.165) is 26.1 Å². The minimum absolute atomic E-state index is 0.0494. The Labute approximate surface area is 84.0 Å². The summed E-state index contributed by atoms with van der Waals surface area (Å²) < 4.78 is 10.6. The normalized spacial score (nSPS) is 36.5. The Morgan fingerprint density at radius 2 is 2.50 bits per heavy atom. The van der Waals surface area contributed by atoms with Gasteiger partial charge in [0.25, 0.3) is 0 Å². The second-order valence-corrected chi connectivity index (χ2v) is 3.87. The van der Waals surface area contributed by atoms with Crippen molar-refractivity contribution in [3.05, 3.63) is 0 Å². The molecular weight excluding hydrogens is 182 g/mol. The van der Waals surface area contributed by atoms with Crippen LogP contribution in [0.2, 0.25) is 0 Å². The lowest BCUT2D eigenvalue weighted by molar-refractivity contribution is -0.145. The molecule has 0 aromatic rings. The first-order chi connectivity index (χ1) is 6.83. The monoisotopic (exact) mass is 199 g/mol. The van der Waals surface area contributed by atoms with Gasteiger partial charge in [0.15, 0.2) is 0 Å². The summed E-state index contributed by atoms with van der Waals surface area (Å²) in [5.74, 6) is 0.438. The number of morpholine rings is 1. The van der Waals surface area contributed by atoms with Crippen LogP contribution in [0.5, 0.6) is 0 Å². The smallest absolute Gasteiger partial charge is 0.309 e. The molecule has 0 bridgehead atoms. The molecule has 1 saturated carbocycles. The summed E-state index contributed by atoms with van der Waals surface area (Å²) in [6, 6.07) is 0. The molecule has 0 aromatic carbocycles. The number of carbonyl (C=O) groups excluding carboxylic acids is 1. The van der Waals surface area contributed by atoms with Gasteiger partial charge in [-0.05, 0) is 13.3 Å². The van der Waals surface area contributed by atoms with E-state index in [9.17, 15) is 4.79 Å². The summed E-state index contributed by atoms with van der Waals surface area (Å²) >= 11 is 0. The third kappa shape index (κ3) is 2.07. The van der Waals surface area contributed by atoms with Gasteiger partial charge in [-0.15, -0.1) is 0 Å². The van der Waals surface area contributed by atoms with Crippen molar-refractivity contribution in [2.75, 3.05) is 26.3 Å². The third-order valence-electron chi connectivity index (χ3n) is 2.86. The standard InChI is InChI=1S/C10H17NO3/c1-2-13-10(12)8-5-7(8)9-6-11-3-4-14-9/h7-9,11H,2-6H2,1H3. The van der Waals surface area contributed by atoms with Crippen LogP contribution in [0.4, 0.5) is 0 Å². The summed E-state index contributed by atoms with van der Waals surface area (Å²) in [5.41, 5.74) is 0. The Balaban J connectivity index is 1.77. The second kappa shape index (κ2) is 4.28. The summed E-state index contributed by atoms with van der Waals surface area (Å²) in [6.07, 6.45) is 1.16. The molecule has 80 valence electrons. The molecule has 4 heteroatoms. The van der Waals surface area contributed by atoms with Crippen molar-refractivity contribution in [1.82, 2.24) is 5.32 Å². The lowest BCUT2D eigenvalue weighted by Gasteiger charge is -2.23. The van der Waals surface area contributed by atoms with E-state index in [1.54, 1.807) is 0 Å². The Bertz CT molecular complexity index is 213. The van der Waals surface area contributed by atoms with Crippen molar-refractivity contribution in [2.45, 2.75) is 19.4 Å². The summed E-state index contributed by atoms with van der Waals surface area (Å²) in [4.78, 5) is 11.4. The minimum Gasteiger partial charge on any atom is -0.466 e. The highest BCUT2D eigenvalue weighted by molar-refractivity contribution is 5.75. The molecule has 1 aliphatic heterocycles. The van der Waals surface area contributed by atoms with Crippen molar-refractivity contribution in [2.24, 2.45) is 11.8 Å². The quantitative estimate of drug-likeness (QED) is 0.658. The third-order valence-corrected chi connectivity index (χ3v) is 2.86. The summed E-state index contributed by atoms with van der Waals surface area (Å²) in [6.45, 7) is 4.88. The first kappa shape index (κ1) is 9.93. The molecule has 1 heterocycles. The van der Waals surface area contributed by atoms with Crippen molar-refractivity contribution in [3.63, 3.8) is 0 Å². The molecule has 1 aliphatic carbocycles. The molecule has 1 saturated heterocycles. The average Bonchev–Trinajstić information content (AvgIpc) is 2.99. The maximum absolute atomic E-state index is 11.4. The van der Waals surface area contributed by atoms with Crippen molar-refractivity contribution < 1.29 is 14.3 Å². The maximum Gasteiger partial charge on any atom is 0.309 e. The lowest BCUT2D eigenvalue weighted by Crippen LogP contribution is -2.40. The molecule has 14 heavy (non-hydrogen) atoms. The highest BCUT2D eigenvalue weighted by Crippen LogP contribution is 2.43. The fraction of sp³-hybridized carbons (Fsp3) is 0.900. The predicted molar refractivity (Wildman–Crippen MR) is 50.8 cm³/mol. The van der Waals surface area contributed by atoms with E-state index in [4.69, 9.17) is 9.47 Å². The Kier molecular flexibility index (Phi) is 3.03. The van der Waals surface area contributed by atoms with Crippen LogP contribution >= 0.6 is 0 Å². The fourth-order valence-electron chi connectivity index (χ4n) is 2.01. The second-order valence-electron chi connectivity index (χ2n) is 3.87. The number of rotatable bonds is 3. The predicted octanol–water partition coefficient (Wildman–Crippen LogP) is 0.174. The number of carbonyl (C=O) groups is 1. The van der Waals surface area contributed by atoms with E-state index in [0.29, 0.717) is 12.5 Å². The largest absolute Gasteiger partial charge is 0.466 e. The molecule has 3 unspecified atom stereocenters. The van der Waals surface area contributed by atoms with Gasteiger partial charge < -0.3 is 14.8 Å². The molecule has 4 nitrogen and oxygen atoms in total. The molecule has 0 spiro atoms. The molecule has 0 aromatic heterocycles. The van der Waals surface area contributed by atoms with E-state index in [2.05, 4.69) is 5.32 Å². The molecule has 2 aliphatic rings. The first-order valence-electron chi connectivity index (χ1n) is 5.32. The molecule has 2 rings (SSSR count). The van der Waals surface area contributed by atoms with Crippen molar-refractivity contribution in [1.29, 1.82) is 0 Å². The Hall–Kier alpha value is -0.610. The van der Waals surface area contributed by atoms with Crippen LogP contribution in [-0.4, -0.2) is 38.4 Å². The highest BCUT2D eigenvalue weighted by Gasteiger charge is 2.49. The van der Waals surface area contributed by atoms with Gasteiger partial charge >= 0.3 is 5.97 Å². The van der Waals surface area contributed by atoms with Gasteiger partial charge in [0.2, 0.25) is 0 Å². The fourth-order valence-corrected chi connectivity index (χ4v) is 2.01. The molecule has 3 atom stereocenters. The zero-order valence-electron chi connectivity index (χ0n) is 8.49. The van der Waals surface area contributed by atoms with Gasteiger partial charge in [-0.1, -0.05) is 0 Å². The zero-order valence-corrected chi connectivity index (χ0v) is 8.49. The SMILES string of the molecule is CCOC(=O)C1CC1C1CNCCO1. The minimum atomic E-state index is -0.0494. The maximum atomic E-state index is 11.4. The van der Waals surface area contributed by atoms with Crippen LogP contribution in [0, 0.1) is 11.8 Å². The molecule has 0 radical (unpaired) electrons. The number of esters is 1. The van der Waals surface area contributed by atoms with Gasteiger partial charge in [-0.25, -0.2) is 0 Å². The van der Waals surface area contributed by atoms with Crippen LogP contribution in [0.15, 0.2) is 0 Å². The van der Waals surface area contributed by atoms with Gasteiger partial charge in [0, 0.05) is 19.0 Å². The van der Waals surface area contributed by atoms with Gasteiger partial charge in [0.05, 0.1) is 25.2 Å². The number of hydrogen-bond donors (Lipinski definition) is 1. The topological polar surface area (TPSA) is 47.6 Å². The number of nitrogens with one attached hydrogen (secondary N) is 1. The van der Waals surface area contributed by atoms with E-state index in [1.807, 2.05) is 6.92 Å². The van der Waals surface area contributed by atoms with Gasteiger partial charge in [0.1, 0.15) is 0 Å². The Morgan fingerprint density at radius 1 is 1.64 bits per heavy atom. The summed E-state index contributed by atoms with van der Waals surface area (Å²) in [5, 5.41) is 3.27. The highest BCUT2D eigenvalue weighted by atomic mass is 16.5. The molecule has 0 amide bonds. The van der Waals surface area contributed by atoms with Crippen LogP contribution in [0.1, 0.15) is 13.3 Å². The van der Waals surface area contributed by atoms with E-state index in [-0.39, 0.29) is 18.0 Å². The molecular formula is C10H17NO3. The van der Waals surface area contributed by atoms with Crippen LogP contribution in [0.3, 0.4) is 0 Å². The Morgan fingerprint density at radius 3 is 3.14 bits per heavy atom. The zero-order chi connectivity index (χ0) is 9.97. The van der Waals surface area contributed by atoms with Crippen molar-refractivity contribution in [3.8, 4) is 0 Å². The number of hydrogen-bond acceptors (Lipinski definition) is 4. The molecule has 2 fully saturated rings. The van der Waals surface area contributed by atoms with Gasteiger partial charge in [-0.2, -0.15) is 0 Å². The van der Waals surface area contributed by atoms with E-state index < -0.39 is 0 Å². The number of ether oxygens (including phenoxy) is 2. The first-order valence-corrected chi connectivity index (χ1v) is 5.32. The summed E-state index contributed by atoms with van der Waals surface area (Å²) in [7, 11) is 0. The average molecular weight is 199 g/mol. The van der Waals surface area contributed by atoms with Gasteiger partial charge in [-0.3, -0.25) is 4.79 Å². The van der Waals surface area contributed by atoms with Crippen LogP contribution < -0.4 is 5.32 Å². The van der Waals surface area contributed by atoms with E-state index >= 15 is 0 Å². The van der Waals surface area contributed by atoms with Crippen molar-refractivity contribution >= 4 is 5.97 Å². The van der Waals surface area contributed by atoms with E-state index in [1.165, 1.54) is 0 Å².